The third-order valence-electron chi connectivity index (χ3n) is 4.70. The standard InChI is InChI=1S/C19H20N4O/c1-15-18-6-3-8-22(18)10-11-23(15)19(24)17-5-2-4-16(12-17)13-21-9-7-20-14-21/h2-9,12,14-15H,10-11,13H2,1H3. The topological polar surface area (TPSA) is 43.1 Å². The molecular weight excluding hydrogens is 300 g/mol. The Bertz CT molecular complexity index is 850. The molecule has 0 saturated heterocycles. The maximum absolute atomic E-state index is 13.0. The Kier molecular flexibility index (Phi) is 3.69. The van der Waals surface area contributed by atoms with E-state index >= 15 is 0 Å². The van der Waals surface area contributed by atoms with Gasteiger partial charge in [-0.15, -0.1) is 0 Å². The van der Waals surface area contributed by atoms with E-state index in [2.05, 4.69) is 28.7 Å². The Balaban J connectivity index is 1.56. The number of hydrogen-bond acceptors (Lipinski definition) is 2. The summed E-state index contributed by atoms with van der Waals surface area (Å²) in [5, 5.41) is 0. The van der Waals surface area contributed by atoms with Crippen molar-refractivity contribution in [2.45, 2.75) is 26.1 Å². The molecular formula is C19H20N4O. The van der Waals surface area contributed by atoms with E-state index in [4.69, 9.17) is 0 Å². The van der Waals surface area contributed by atoms with Crippen LogP contribution in [-0.2, 0) is 13.1 Å². The van der Waals surface area contributed by atoms with Crippen molar-refractivity contribution in [2.24, 2.45) is 0 Å². The lowest BCUT2D eigenvalue weighted by atomic mass is 10.1. The minimum absolute atomic E-state index is 0.0959. The molecule has 1 aliphatic heterocycles. The van der Waals surface area contributed by atoms with Crippen LogP contribution in [0.3, 0.4) is 0 Å². The predicted octanol–water partition coefficient (Wildman–Crippen LogP) is 2.95. The van der Waals surface area contributed by atoms with E-state index in [0.717, 1.165) is 30.8 Å². The lowest BCUT2D eigenvalue weighted by molar-refractivity contribution is 0.0644. The SMILES string of the molecule is CC1c2cccn2CCN1C(=O)c1cccc(Cn2ccnc2)c1. The molecule has 1 aromatic carbocycles. The molecule has 3 heterocycles. The molecule has 3 aromatic rings. The number of imidazole rings is 1. The molecule has 1 amide bonds. The maximum atomic E-state index is 13.0. The van der Waals surface area contributed by atoms with Gasteiger partial charge < -0.3 is 14.0 Å². The van der Waals surface area contributed by atoms with E-state index < -0.39 is 0 Å². The van der Waals surface area contributed by atoms with Crippen molar-refractivity contribution in [1.82, 2.24) is 19.0 Å². The highest BCUT2D eigenvalue weighted by Gasteiger charge is 2.28. The highest BCUT2D eigenvalue weighted by atomic mass is 16.2. The van der Waals surface area contributed by atoms with Crippen LogP contribution in [0.1, 0.15) is 34.6 Å². The van der Waals surface area contributed by atoms with Gasteiger partial charge >= 0.3 is 0 Å². The molecule has 5 heteroatoms. The first-order chi connectivity index (χ1) is 11.7. The Morgan fingerprint density at radius 2 is 2.12 bits per heavy atom. The van der Waals surface area contributed by atoms with Crippen molar-refractivity contribution >= 4 is 5.91 Å². The Morgan fingerprint density at radius 3 is 2.96 bits per heavy atom. The van der Waals surface area contributed by atoms with Gasteiger partial charge in [0.05, 0.1) is 12.4 Å². The monoisotopic (exact) mass is 320 g/mol. The highest BCUT2D eigenvalue weighted by Crippen LogP contribution is 2.27. The summed E-state index contributed by atoms with van der Waals surface area (Å²) in [6, 6.07) is 12.1. The molecule has 0 bridgehead atoms. The summed E-state index contributed by atoms with van der Waals surface area (Å²) in [4.78, 5) is 19.0. The zero-order chi connectivity index (χ0) is 16.5. The van der Waals surface area contributed by atoms with Crippen molar-refractivity contribution in [3.63, 3.8) is 0 Å². The van der Waals surface area contributed by atoms with Gasteiger partial charge in [-0.2, -0.15) is 0 Å². The number of rotatable bonds is 3. The third kappa shape index (κ3) is 2.62. The molecule has 0 radical (unpaired) electrons. The van der Waals surface area contributed by atoms with Crippen molar-refractivity contribution < 1.29 is 4.79 Å². The second kappa shape index (κ2) is 6.00. The molecule has 5 nitrogen and oxygen atoms in total. The van der Waals surface area contributed by atoms with Gasteiger partial charge in [0.15, 0.2) is 0 Å². The van der Waals surface area contributed by atoms with Crippen molar-refractivity contribution in [3.8, 4) is 0 Å². The Hall–Kier alpha value is -2.82. The van der Waals surface area contributed by atoms with Crippen molar-refractivity contribution in [2.75, 3.05) is 6.54 Å². The largest absolute Gasteiger partial charge is 0.348 e. The van der Waals surface area contributed by atoms with E-state index in [0.29, 0.717) is 0 Å². The van der Waals surface area contributed by atoms with Gasteiger partial charge in [0.1, 0.15) is 0 Å². The van der Waals surface area contributed by atoms with Crippen LogP contribution in [0.5, 0.6) is 0 Å². The minimum Gasteiger partial charge on any atom is -0.348 e. The lowest BCUT2D eigenvalue weighted by Gasteiger charge is -2.35. The molecule has 2 aromatic heterocycles. The van der Waals surface area contributed by atoms with Gasteiger partial charge in [0.25, 0.3) is 5.91 Å². The zero-order valence-electron chi connectivity index (χ0n) is 13.7. The molecule has 0 aliphatic carbocycles. The fourth-order valence-electron chi connectivity index (χ4n) is 3.42. The van der Waals surface area contributed by atoms with Crippen LogP contribution in [0.2, 0.25) is 0 Å². The summed E-state index contributed by atoms with van der Waals surface area (Å²) in [6.07, 6.45) is 7.56. The van der Waals surface area contributed by atoms with Gasteiger partial charge in [-0.25, -0.2) is 4.98 Å². The highest BCUT2D eigenvalue weighted by molar-refractivity contribution is 5.94. The number of benzene rings is 1. The summed E-state index contributed by atoms with van der Waals surface area (Å²) < 4.78 is 4.23. The Morgan fingerprint density at radius 1 is 1.21 bits per heavy atom. The average molecular weight is 320 g/mol. The van der Waals surface area contributed by atoms with Gasteiger partial charge in [-0.3, -0.25) is 4.79 Å². The molecule has 24 heavy (non-hydrogen) atoms. The first kappa shape index (κ1) is 14.8. The molecule has 0 spiro atoms. The van der Waals surface area contributed by atoms with Crippen LogP contribution in [0.15, 0.2) is 61.3 Å². The molecule has 1 atom stereocenters. The first-order valence-corrected chi connectivity index (χ1v) is 8.23. The molecule has 0 N–H and O–H groups in total. The Labute approximate surface area is 141 Å². The van der Waals surface area contributed by atoms with E-state index in [1.165, 1.54) is 5.69 Å². The number of carbonyl (C=O) groups excluding carboxylic acids is 1. The number of carbonyl (C=O) groups is 1. The zero-order valence-corrected chi connectivity index (χ0v) is 13.7. The molecule has 0 fully saturated rings. The number of nitrogens with zero attached hydrogens (tertiary/aromatic N) is 4. The third-order valence-corrected chi connectivity index (χ3v) is 4.70. The quantitative estimate of drug-likeness (QED) is 0.744. The summed E-state index contributed by atoms with van der Waals surface area (Å²) in [5.74, 6) is 0.0995. The van der Waals surface area contributed by atoms with Gasteiger partial charge in [-0.1, -0.05) is 12.1 Å². The molecule has 0 saturated carbocycles. The van der Waals surface area contributed by atoms with E-state index in [-0.39, 0.29) is 11.9 Å². The van der Waals surface area contributed by atoms with E-state index in [9.17, 15) is 4.79 Å². The number of aromatic nitrogens is 3. The smallest absolute Gasteiger partial charge is 0.254 e. The predicted molar refractivity (Wildman–Crippen MR) is 91.7 cm³/mol. The molecule has 1 unspecified atom stereocenters. The molecule has 122 valence electrons. The fraction of sp³-hybridized carbons (Fsp3) is 0.263. The molecule has 4 rings (SSSR count). The van der Waals surface area contributed by atoms with E-state index in [1.54, 1.807) is 12.5 Å². The van der Waals surface area contributed by atoms with Crippen LogP contribution in [0.4, 0.5) is 0 Å². The van der Waals surface area contributed by atoms with Gasteiger partial charge in [-0.05, 0) is 36.8 Å². The summed E-state index contributed by atoms with van der Waals surface area (Å²) in [7, 11) is 0. The molecule has 1 aliphatic rings. The van der Waals surface area contributed by atoms with Gasteiger partial charge in [0.2, 0.25) is 0 Å². The number of hydrogen-bond donors (Lipinski definition) is 0. The van der Waals surface area contributed by atoms with Crippen molar-refractivity contribution in [1.29, 1.82) is 0 Å². The number of amides is 1. The first-order valence-electron chi connectivity index (χ1n) is 8.23. The van der Waals surface area contributed by atoms with E-state index in [1.807, 2.05) is 46.0 Å². The fourth-order valence-corrected chi connectivity index (χ4v) is 3.42. The maximum Gasteiger partial charge on any atom is 0.254 e. The van der Waals surface area contributed by atoms with Crippen LogP contribution in [-0.4, -0.2) is 31.5 Å². The van der Waals surface area contributed by atoms with Crippen LogP contribution in [0.25, 0.3) is 0 Å². The second-order valence-electron chi connectivity index (χ2n) is 6.24. The van der Waals surface area contributed by atoms with Gasteiger partial charge in [0, 0.05) is 49.5 Å². The summed E-state index contributed by atoms with van der Waals surface area (Å²) in [5.41, 5.74) is 3.05. The summed E-state index contributed by atoms with van der Waals surface area (Å²) in [6.45, 7) is 4.42. The summed E-state index contributed by atoms with van der Waals surface area (Å²) >= 11 is 0. The van der Waals surface area contributed by atoms with Crippen molar-refractivity contribution in [3.05, 3.63) is 78.1 Å². The number of fused-ring (bicyclic) bond motifs is 1. The van der Waals surface area contributed by atoms with Crippen LogP contribution >= 0.6 is 0 Å². The van der Waals surface area contributed by atoms with Crippen LogP contribution in [0, 0.1) is 0 Å². The normalized spacial score (nSPS) is 16.9. The lowest BCUT2D eigenvalue weighted by Crippen LogP contribution is -2.40. The average Bonchev–Trinajstić information content (AvgIpc) is 3.26. The second-order valence-corrected chi connectivity index (χ2v) is 6.24. The van der Waals surface area contributed by atoms with Crippen LogP contribution < -0.4 is 0 Å². The minimum atomic E-state index is 0.0959.